The van der Waals surface area contributed by atoms with E-state index in [9.17, 15) is 0 Å². The van der Waals surface area contributed by atoms with Crippen molar-refractivity contribution in [2.24, 2.45) is 0 Å². The van der Waals surface area contributed by atoms with E-state index < -0.39 is 39.5 Å². The van der Waals surface area contributed by atoms with Gasteiger partial charge in [-0.2, -0.15) is 0 Å². The van der Waals surface area contributed by atoms with Crippen LogP contribution in [-0.4, -0.2) is 39.5 Å². The van der Waals surface area contributed by atoms with Crippen molar-refractivity contribution in [2.45, 2.75) is 29.6 Å². The van der Waals surface area contributed by atoms with Gasteiger partial charge in [0.2, 0.25) is 0 Å². The Balaban J connectivity index is 0.000000188. The molecule has 26 heavy (non-hydrogen) atoms. The largest absolute Gasteiger partial charge is 0.144 e. The zero-order valence-electron chi connectivity index (χ0n) is 16.9. The molecule has 4 heteroatoms. The fourth-order valence-electron chi connectivity index (χ4n) is 1.81. The van der Waals surface area contributed by atoms with Gasteiger partial charge >= 0.3 is 69.2 Å². The minimum Gasteiger partial charge on any atom is -0.144 e. The molecule has 0 saturated heterocycles. The summed E-state index contributed by atoms with van der Waals surface area (Å²) >= 11 is 2.30. The molecule has 140 valence electrons. The summed E-state index contributed by atoms with van der Waals surface area (Å²) in [5.41, 5.74) is 0. The molecule has 0 nitrogen and oxygen atoms in total. The molecule has 0 amide bonds. The van der Waals surface area contributed by atoms with E-state index in [0.717, 1.165) is 0 Å². The van der Waals surface area contributed by atoms with E-state index in [1.165, 1.54) is 20.2 Å². The monoisotopic (exact) mass is 600 g/mol. The maximum atomic E-state index is 2.38. The van der Waals surface area contributed by atoms with Gasteiger partial charge in [0.25, 0.3) is 0 Å². The molecular weight excluding hydrogens is 566 g/mol. The molecule has 4 rings (SSSR count). The summed E-state index contributed by atoms with van der Waals surface area (Å²) in [6.45, 7) is 0. The molecule has 0 radical (unpaired) electrons. The van der Waals surface area contributed by atoms with Crippen LogP contribution in [0.3, 0.4) is 0 Å². The second-order valence-corrected chi connectivity index (χ2v) is 29.1. The van der Waals surface area contributed by atoms with Gasteiger partial charge in [-0.25, -0.2) is 0 Å². The van der Waals surface area contributed by atoms with Crippen LogP contribution in [0.2, 0.25) is 29.6 Å². The number of fused-ring (bicyclic) bond motifs is 2. The molecule has 0 unspecified atom stereocenters. The van der Waals surface area contributed by atoms with Crippen molar-refractivity contribution in [1.82, 2.24) is 0 Å². The van der Waals surface area contributed by atoms with Gasteiger partial charge in [0, 0.05) is 9.40 Å². The van der Waals surface area contributed by atoms with Gasteiger partial charge < -0.3 is 0 Å². The van der Waals surface area contributed by atoms with Gasteiger partial charge in [-0.05, 0) is 45.8 Å². The third kappa shape index (κ3) is 11.0. The second kappa shape index (κ2) is 14.0. The van der Waals surface area contributed by atoms with Gasteiger partial charge in [0.05, 0.1) is 0 Å². The molecule has 0 aliphatic carbocycles. The van der Waals surface area contributed by atoms with Gasteiger partial charge in [-0.1, -0.05) is 36.4 Å². The molecule has 0 spiro atoms. The van der Waals surface area contributed by atoms with Crippen LogP contribution in [0.4, 0.5) is 0 Å². The first-order chi connectivity index (χ1) is 12.4. The summed E-state index contributed by atoms with van der Waals surface area (Å²) in [5.74, 6) is 0. The third-order valence-corrected chi connectivity index (χ3v) is 4.52. The van der Waals surface area contributed by atoms with Crippen molar-refractivity contribution >= 4 is 82.4 Å². The topological polar surface area (TPSA) is 0 Å². The predicted octanol–water partition coefficient (Wildman–Crippen LogP) is 8.01. The summed E-state index contributed by atoms with van der Waals surface area (Å²) in [7, 11) is 0. The van der Waals surface area contributed by atoms with E-state index in [0.29, 0.717) is 0 Å². The van der Waals surface area contributed by atoms with Gasteiger partial charge in [0.15, 0.2) is 0 Å². The van der Waals surface area contributed by atoms with Crippen molar-refractivity contribution in [1.29, 1.82) is 0 Å². The van der Waals surface area contributed by atoms with Crippen molar-refractivity contribution in [3.05, 3.63) is 71.4 Å². The number of hydrogen-bond donors (Lipinski definition) is 0. The third-order valence-electron chi connectivity index (χ3n) is 2.72. The van der Waals surface area contributed by atoms with E-state index in [2.05, 4.69) is 101 Å². The molecular formula is C22H32S2Sn2. The Hall–Kier alpha value is -0.0426. The normalized spacial score (nSPS) is 9.85. The minimum absolute atomic E-state index is 0.637. The molecule has 0 bridgehead atoms. The van der Waals surface area contributed by atoms with Crippen LogP contribution in [0.1, 0.15) is 0 Å². The van der Waals surface area contributed by atoms with E-state index in [1.54, 1.807) is 22.7 Å². The summed E-state index contributed by atoms with van der Waals surface area (Å²) in [6.07, 6.45) is 0. The van der Waals surface area contributed by atoms with Crippen LogP contribution in [0.25, 0.3) is 20.2 Å². The Morgan fingerprint density at radius 1 is 0.500 bits per heavy atom. The minimum atomic E-state index is -0.637. The first kappa shape index (κ1) is 24.0. The van der Waals surface area contributed by atoms with Crippen molar-refractivity contribution in [3.8, 4) is 0 Å². The van der Waals surface area contributed by atoms with Crippen molar-refractivity contribution < 1.29 is 0 Å². The van der Waals surface area contributed by atoms with Crippen LogP contribution < -0.4 is 0 Å². The molecule has 4 aromatic rings. The number of hydrogen-bond acceptors (Lipinski definition) is 2. The van der Waals surface area contributed by atoms with E-state index in [-0.39, 0.29) is 0 Å². The van der Waals surface area contributed by atoms with Crippen LogP contribution in [0.15, 0.2) is 71.4 Å². The molecule has 2 aromatic carbocycles. The zero-order chi connectivity index (χ0) is 19.4. The summed E-state index contributed by atoms with van der Waals surface area (Å²) < 4.78 is 2.75. The summed E-state index contributed by atoms with van der Waals surface area (Å²) in [4.78, 5) is 14.3. The Bertz CT molecular complexity index is 709. The fourth-order valence-corrected chi connectivity index (χ4v) is 3.39. The molecule has 2 aromatic heterocycles. The molecule has 0 saturated carbocycles. The molecule has 0 fully saturated rings. The van der Waals surface area contributed by atoms with E-state index >= 15 is 0 Å². The molecule has 0 atom stereocenters. The maximum absolute atomic E-state index is 2.38. The number of rotatable bonds is 0. The Kier molecular flexibility index (Phi) is 12.9. The zero-order valence-corrected chi connectivity index (χ0v) is 25.1. The average Bonchev–Trinajstić information content (AvgIpc) is 3.23. The Morgan fingerprint density at radius 2 is 0.808 bits per heavy atom. The molecule has 0 aliphatic heterocycles. The second-order valence-electron chi connectivity index (χ2n) is 7.38. The Labute approximate surface area is 181 Å². The number of benzene rings is 2. The van der Waals surface area contributed by atoms with Crippen LogP contribution in [0.5, 0.6) is 0 Å². The average molecular weight is 598 g/mol. The van der Waals surface area contributed by atoms with Crippen LogP contribution in [-0.2, 0) is 0 Å². The predicted molar refractivity (Wildman–Crippen MR) is 133 cm³/mol. The van der Waals surface area contributed by atoms with E-state index in [1.807, 2.05) is 0 Å². The quantitative estimate of drug-likeness (QED) is 0.180. The number of thiophene rings is 2. The van der Waals surface area contributed by atoms with Crippen LogP contribution in [0, 0.1) is 0 Å². The Morgan fingerprint density at radius 3 is 1.12 bits per heavy atom. The first-order valence-corrected chi connectivity index (χ1v) is 30.8. The van der Waals surface area contributed by atoms with Crippen LogP contribution >= 0.6 is 22.7 Å². The van der Waals surface area contributed by atoms with Gasteiger partial charge in [-0.3, -0.25) is 0 Å². The summed E-state index contributed by atoms with van der Waals surface area (Å²) in [5, 5.41) is 6.93. The van der Waals surface area contributed by atoms with Crippen molar-refractivity contribution in [3.63, 3.8) is 0 Å². The van der Waals surface area contributed by atoms with Gasteiger partial charge in [-0.15, -0.1) is 22.7 Å². The smallest absolute Gasteiger partial charge is 0.0342 e. The SMILES string of the molecule is [CH3][SnH]([CH3])[CH3].[CH3][SnH]([CH3])[CH3].c1ccc2sccc2c1.c1ccc2sccc2c1. The fraction of sp³-hybridized carbons (Fsp3) is 0.273. The molecule has 2 heterocycles. The molecule has 0 N–H and O–H groups in total. The van der Waals surface area contributed by atoms with Crippen molar-refractivity contribution in [2.75, 3.05) is 0 Å². The standard InChI is InChI=1S/2C8H6S.6CH3.2Sn.2H/c2*1-2-4-8-7(3-1)5-6-9-8;;;;;;;;;;/h2*1-6H;6*1H3;;;;. The summed E-state index contributed by atoms with van der Waals surface area (Å²) in [6, 6.07) is 21.1. The van der Waals surface area contributed by atoms with Gasteiger partial charge in [0.1, 0.15) is 0 Å². The van der Waals surface area contributed by atoms with E-state index in [4.69, 9.17) is 0 Å². The first-order valence-electron chi connectivity index (χ1n) is 9.24. The molecule has 0 aliphatic rings. The maximum Gasteiger partial charge on any atom is 0.0342 e.